The van der Waals surface area contributed by atoms with Gasteiger partial charge in [0.05, 0.1) is 16.7 Å². The zero-order valence-electron chi connectivity index (χ0n) is 19.5. The summed E-state index contributed by atoms with van der Waals surface area (Å²) in [7, 11) is 1.63. The standard InChI is InChI=1S/C27H27N3O4S/c1-33-17-7-16-30-26(32)23-10-5-6-11-24(23)29-27(30)35-19-25(31)28-21-12-14-22(15-13-21)34-18-20-8-3-2-4-9-20/h2-6,8-15H,7,16-19H2,1H3,(H,28,31). The van der Waals surface area contributed by atoms with Crippen LogP contribution in [0.1, 0.15) is 12.0 Å². The van der Waals surface area contributed by atoms with E-state index >= 15 is 0 Å². The number of carbonyl (C=O) groups excluding carboxylic acids is 1. The number of carbonyl (C=O) groups is 1. The molecule has 8 heteroatoms. The number of thioether (sulfide) groups is 1. The number of amides is 1. The fourth-order valence-electron chi connectivity index (χ4n) is 3.52. The van der Waals surface area contributed by atoms with Crippen LogP contribution >= 0.6 is 11.8 Å². The number of nitrogens with zero attached hydrogens (tertiary/aromatic N) is 2. The van der Waals surface area contributed by atoms with Crippen molar-refractivity contribution < 1.29 is 14.3 Å². The van der Waals surface area contributed by atoms with E-state index < -0.39 is 0 Å². The van der Waals surface area contributed by atoms with E-state index in [1.807, 2.05) is 60.7 Å². The molecule has 1 heterocycles. The first-order valence-electron chi connectivity index (χ1n) is 11.3. The third-order valence-corrected chi connectivity index (χ3v) is 6.25. The summed E-state index contributed by atoms with van der Waals surface area (Å²) in [5.41, 5.74) is 2.27. The van der Waals surface area contributed by atoms with Crippen molar-refractivity contribution in [2.75, 3.05) is 24.8 Å². The van der Waals surface area contributed by atoms with Gasteiger partial charge in [-0.05, 0) is 48.4 Å². The number of para-hydroxylation sites is 1. The minimum absolute atomic E-state index is 0.110. The lowest BCUT2D eigenvalue weighted by Crippen LogP contribution is -2.25. The molecule has 0 spiro atoms. The van der Waals surface area contributed by atoms with Crippen LogP contribution in [0.2, 0.25) is 0 Å². The molecule has 1 amide bonds. The molecule has 0 unspecified atom stereocenters. The van der Waals surface area contributed by atoms with Crippen molar-refractivity contribution in [2.45, 2.75) is 24.7 Å². The Morgan fingerprint density at radius 2 is 1.74 bits per heavy atom. The second kappa shape index (κ2) is 12.2. The molecule has 0 aliphatic heterocycles. The molecule has 7 nitrogen and oxygen atoms in total. The Balaban J connectivity index is 1.37. The zero-order valence-corrected chi connectivity index (χ0v) is 20.3. The van der Waals surface area contributed by atoms with E-state index in [0.717, 1.165) is 11.3 Å². The number of benzene rings is 3. The van der Waals surface area contributed by atoms with Crippen LogP contribution in [0.15, 0.2) is 88.8 Å². The van der Waals surface area contributed by atoms with E-state index in [2.05, 4.69) is 10.3 Å². The van der Waals surface area contributed by atoms with Gasteiger partial charge in [-0.15, -0.1) is 0 Å². The first-order valence-corrected chi connectivity index (χ1v) is 12.3. The molecule has 0 saturated carbocycles. The van der Waals surface area contributed by atoms with E-state index in [4.69, 9.17) is 9.47 Å². The molecule has 35 heavy (non-hydrogen) atoms. The molecule has 4 rings (SSSR count). The van der Waals surface area contributed by atoms with Crippen LogP contribution < -0.4 is 15.6 Å². The molecule has 0 atom stereocenters. The van der Waals surface area contributed by atoms with Crippen LogP contribution in [0.5, 0.6) is 5.75 Å². The summed E-state index contributed by atoms with van der Waals surface area (Å²) in [6.45, 7) is 1.49. The predicted molar refractivity (Wildman–Crippen MR) is 139 cm³/mol. The van der Waals surface area contributed by atoms with Crippen molar-refractivity contribution in [3.05, 3.63) is 94.8 Å². The first kappa shape index (κ1) is 24.5. The van der Waals surface area contributed by atoms with Gasteiger partial charge in [-0.3, -0.25) is 14.2 Å². The Kier molecular flexibility index (Phi) is 8.53. The molecule has 0 aliphatic rings. The van der Waals surface area contributed by atoms with Crippen molar-refractivity contribution in [3.8, 4) is 5.75 Å². The Morgan fingerprint density at radius 3 is 2.51 bits per heavy atom. The van der Waals surface area contributed by atoms with E-state index in [1.165, 1.54) is 11.8 Å². The highest BCUT2D eigenvalue weighted by molar-refractivity contribution is 7.99. The van der Waals surface area contributed by atoms with E-state index in [9.17, 15) is 9.59 Å². The lowest BCUT2D eigenvalue weighted by Gasteiger charge is -2.13. The van der Waals surface area contributed by atoms with Crippen LogP contribution in [-0.4, -0.2) is 34.9 Å². The van der Waals surface area contributed by atoms with Crippen LogP contribution in [0.4, 0.5) is 5.69 Å². The molecule has 180 valence electrons. The van der Waals surface area contributed by atoms with Crippen molar-refractivity contribution in [1.82, 2.24) is 9.55 Å². The highest BCUT2D eigenvalue weighted by Crippen LogP contribution is 2.20. The van der Waals surface area contributed by atoms with Gasteiger partial charge in [0.2, 0.25) is 5.91 Å². The Morgan fingerprint density at radius 1 is 1.00 bits per heavy atom. The van der Waals surface area contributed by atoms with Gasteiger partial charge in [-0.1, -0.05) is 54.2 Å². The fourth-order valence-corrected chi connectivity index (χ4v) is 4.35. The molecular formula is C27H27N3O4S. The Bertz CT molecular complexity index is 1320. The molecule has 0 saturated heterocycles. The number of nitrogens with one attached hydrogen (secondary N) is 1. The van der Waals surface area contributed by atoms with Gasteiger partial charge in [-0.25, -0.2) is 4.98 Å². The molecule has 0 aliphatic carbocycles. The maximum Gasteiger partial charge on any atom is 0.262 e. The quantitative estimate of drug-likeness (QED) is 0.186. The number of aromatic nitrogens is 2. The van der Waals surface area contributed by atoms with Gasteiger partial charge < -0.3 is 14.8 Å². The van der Waals surface area contributed by atoms with E-state index in [1.54, 1.807) is 29.9 Å². The van der Waals surface area contributed by atoms with Crippen molar-refractivity contribution in [3.63, 3.8) is 0 Å². The number of anilines is 1. The van der Waals surface area contributed by atoms with Crippen molar-refractivity contribution in [2.24, 2.45) is 0 Å². The molecular weight excluding hydrogens is 462 g/mol. The van der Waals surface area contributed by atoms with Crippen LogP contribution in [0.3, 0.4) is 0 Å². The van der Waals surface area contributed by atoms with Crippen molar-refractivity contribution >= 4 is 34.3 Å². The van der Waals surface area contributed by atoms with Crippen molar-refractivity contribution in [1.29, 1.82) is 0 Å². The first-order chi connectivity index (χ1) is 17.1. The number of ether oxygens (including phenoxy) is 2. The molecule has 0 fully saturated rings. The summed E-state index contributed by atoms with van der Waals surface area (Å²) in [4.78, 5) is 30.3. The highest BCUT2D eigenvalue weighted by atomic mass is 32.2. The fraction of sp³-hybridized carbons (Fsp3) is 0.222. The average Bonchev–Trinajstić information content (AvgIpc) is 2.89. The van der Waals surface area contributed by atoms with Crippen LogP contribution in [0, 0.1) is 0 Å². The monoisotopic (exact) mass is 489 g/mol. The minimum atomic E-state index is -0.182. The normalized spacial score (nSPS) is 10.9. The van der Waals surface area contributed by atoms with Crippen LogP contribution in [-0.2, 0) is 22.7 Å². The summed E-state index contributed by atoms with van der Waals surface area (Å²) in [6, 6.07) is 24.4. The van der Waals surface area contributed by atoms with Gasteiger partial charge in [0.15, 0.2) is 5.16 Å². The molecule has 0 bridgehead atoms. The third kappa shape index (κ3) is 6.71. The summed E-state index contributed by atoms with van der Waals surface area (Å²) in [5, 5.41) is 3.97. The summed E-state index contributed by atoms with van der Waals surface area (Å²) in [6.07, 6.45) is 0.675. The second-order valence-corrected chi connectivity index (χ2v) is 8.79. The van der Waals surface area contributed by atoms with Gasteiger partial charge >= 0.3 is 0 Å². The highest BCUT2D eigenvalue weighted by Gasteiger charge is 2.13. The topological polar surface area (TPSA) is 82.4 Å². The maximum atomic E-state index is 13.0. The smallest absolute Gasteiger partial charge is 0.262 e. The molecule has 3 aromatic carbocycles. The molecule has 1 aromatic heterocycles. The zero-order chi connectivity index (χ0) is 24.5. The van der Waals surface area contributed by atoms with E-state index in [0.29, 0.717) is 47.9 Å². The number of rotatable bonds is 11. The maximum absolute atomic E-state index is 13.0. The largest absolute Gasteiger partial charge is 0.489 e. The predicted octanol–water partition coefficient (Wildman–Crippen LogP) is 4.74. The van der Waals surface area contributed by atoms with Crippen LogP contribution in [0.25, 0.3) is 10.9 Å². The average molecular weight is 490 g/mol. The lowest BCUT2D eigenvalue weighted by molar-refractivity contribution is -0.113. The minimum Gasteiger partial charge on any atom is -0.489 e. The number of fused-ring (bicyclic) bond motifs is 1. The van der Waals surface area contributed by atoms with Gasteiger partial charge in [-0.2, -0.15) is 0 Å². The molecule has 0 radical (unpaired) electrons. The SMILES string of the molecule is COCCCn1c(SCC(=O)Nc2ccc(OCc3ccccc3)cc2)nc2ccccc2c1=O. The lowest BCUT2D eigenvalue weighted by atomic mass is 10.2. The summed E-state index contributed by atoms with van der Waals surface area (Å²) < 4.78 is 12.5. The number of hydrogen-bond acceptors (Lipinski definition) is 6. The van der Waals surface area contributed by atoms with E-state index in [-0.39, 0.29) is 17.2 Å². The van der Waals surface area contributed by atoms with Gasteiger partial charge in [0.25, 0.3) is 5.56 Å². The number of methoxy groups -OCH3 is 1. The summed E-state index contributed by atoms with van der Waals surface area (Å²) in [5.74, 6) is 0.668. The summed E-state index contributed by atoms with van der Waals surface area (Å²) >= 11 is 1.24. The Hall–Kier alpha value is -3.62. The van der Waals surface area contributed by atoms with Gasteiger partial charge in [0.1, 0.15) is 12.4 Å². The number of hydrogen-bond donors (Lipinski definition) is 1. The van der Waals surface area contributed by atoms with Gasteiger partial charge in [0, 0.05) is 25.9 Å². The molecule has 1 N–H and O–H groups in total. The Labute approximate surface area is 208 Å². The third-order valence-electron chi connectivity index (χ3n) is 5.28. The second-order valence-electron chi connectivity index (χ2n) is 7.85. The molecule has 4 aromatic rings.